The molecule has 0 aromatic heterocycles. The van der Waals surface area contributed by atoms with Gasteiger partial charge in [-0.25, -0.2) is 8.78 Å². The second kappa shape index (κ2) is 6.49. The Morgan fingerprint density at radius 1 is 0.524 bits per heavy atom. The third kappa shape index (κ3) is 3.58. The van der Waals surface area contributed by atoms with Gasteiger partial charge < -0.3 is 16.2 Å². The van der Waals surface area contributed by atoms with Crippen LogP contribution in [0, 0.1) is 13.9 Å². The minimum absolute atomic E-state index is 0. The van der Waals surface area contributed by atoms with E-state index in [4.69, 9.17) is 0 Å². The molecule has 21 heavy (non-hydrogen) atoms. The van der Waals surface area contributed by atoms with Crippen LogP contribution in [0.2, 0.25) is 0 Å². The molecule has 0 spiro atoms. The van der Waals surface area contributed by atoms with Crippen LogP contribution in [0.25, 0.3) is 0 Å². The van der Waals surface area contributed by atoms with Crippen LogP contribution < -0.4 is 0 Å². The monoisotopic (exact) mass is 529 g/mol. The van der Waals surface area contributed by atoms with Crippen LogP contribution in [0.15, 0.2) is 0 Å². The largest absolute Gasteiger partial charge is 2.00 e. The molecule has 0 rings (SSSR count). The molecule has 0 atom stereocenters. The van der Waals surface area contributed by atoms with Gasteiger partial charge in [0.25, 0.3) is 5.92 Å². The van der Waals surface area contributed by atoms with Crippen LogP contribution in [0.4, 0.5) is 57.1 Å². The maximum atomic E-state index is 12.3. The molecule has 0 aromatic carbocycles. The van der Waals surface area contributed by atoms with Gasteiger partial charge in [-0.1, -0.05) is 0 Å². The predicted molar refractivity (Wildman–Crippen MR) is 37.7 cm³/mol. The minimum atomic E-state index is -7.80. The summed E-state index contributed by atoms with van der Waals surface area (Å²) in [6.07, 6.45) is -12.1. The van der Waals surface area contributed by atoms with Crippen molar-refractivity contribution in [3.8, 4) is 0 Å². The van der Waals surface area contributed by atoms with Gasteiger partial charge in [-0.2, -0.15) is 39.5 Å². The Morgan fingerprint density at radius 3 is 1.00 bits per heavy atom. The molecule has 0 saturated carbocycles. The van der Waals surface area contributed by atoms with E-state index in [2.05, 4.69) is 0 Å². The van der Waals surface area contributed by atoms with Crippen LogP contribution >= 0.6 is 0 Å². The van der Waals surface area contributed by atoms with Crippen LogP contribution in [0.3, 0.4) is 0 Å². The zero-order valence-electron chi connectivity index (χ0n) is 9.23. The predicted octanol–water partition coefficient (Wildman–Crippen LogP) is 4.97. The van der Waals surface area contributed by atoms with Gasteiger partial charge in [-0.05, 0) is 0 Å². The van der Waals surface area contributed by atoms with Crippen LogP contribution in [0.5, 0.6) is 0 Å². The van der Waals surface area contributed by atoms with Gasteiger partial charge in [-0.3, -0.25) is 0 Å². The molecule has 0 saturated heterocycles. The van der Waals surface area contributed by atoms with Crippen LogP contribution in [-0.2, 0) is 21.1 Å². The van der Waals surface area contributed by atoms with Gasteiger partial charge in [0.1, 0.15) is 0 Å². The normalized spacial score (nSPS) is 14.6. The fraction of sp³-hybridized carbons (Fsp3) is 0.714. The van der Waals surface area contributed by atoms with Crippen molar-refractivity contribution in [3.05, 3.63) is 13.9 Å². The topological polar surface area (TPSA) is 0 Å². The van der Waals surface area contributed by atoms with E-state index in [1.165, 1.54) is 0 Å². The zero-order chi connectivity index (χ0) is 16.1. The van der Waals surface area contributed by atoms with Gasteiger partial charge in [0, 0.05) is 0 Å². The van der Waals surface area contributed by atoms with Gasteiger partial charge >= 0.3 is 45.0 Å². The zero-order valence-corrected chi connectivity index (χ0v) is 11.5. The summed E-state index contributed by atoms with van der Waals surface area (Å²) in [7, 11) is 0. The van der Waals surface area contributed by atoms with Crippen molar-refractivity contribution >= 4 is 0 Å². The van der Waals surface area contributed by atoms with Crippen molar-refractivity contribution in [1.82, 2.24) is 0 Å². The van der Waals surface area contributed by atoms with Gasteiger partial charge in [0.2, 0.25) is 0 Å². The Labute approximate surface area is 122 Å². The van der Waals surface area contributed by atoms with Crippen LogP contribution in [-0.4, -0.2) is 29.9 Å². The summed E-state index contributed by atoms with van der Waals surface area (Å²) in [4.78, 5) is 0. The summed E-state index contributed by atoms with van der Waals surface area (Å²) in [6, 6.07) is 0. The average molecular weight is 529 g/mol. The average Bonchev–Trinajstić information content (AvgIpc) is 2.14. The molecule has 0 unspecified atom stereocenters. The SMILES string of the molecule is F[C-](F)C(F)(F)C(F)(F)C(F)(F)C(F)(F)C(F)(F)F.[CH3-].[Pt+2]. The van der Waals surface area contributed by atoms with E-state index in [1.54, 1.807) is 0 Å². The first-order chi connectivity index (χ1) is 7.94. The molecule has 0 aliphatic rings. The Kier molecular flexibility index (Phi) is 7.95. The molecule has 0 aromatic rings. The summed E-state index contributed by atoms with van der Waals surface area (Å²) in [5, 5.41) is 0. The van der Waals surface area contributed by atoms with Crippen molar-refractivity contribution in [2.24, 2.45) is 0 Å². The van der Waals surface area contributed by atoms with E-state index in [0.717, 1.165) is 0 Å². The van der Waals surface area contributed by atoms with Crippen molar-refractivity contribution in [3.63, 3.8) is 0 Å². The summed E-state index contributed by atoms with van der Waals surface area (Å²) in [5.74, 6) is -30.3. The molecule has 0 aliphatic carbocycles. The third-order valence-corrected chi connectivity index (χ3v) is 1.78. The fourth-order valence-corrected chi connectivity index (χ4v) is 0.691. The molecule has 0 nitrogen and oxygen atoms in total. The molecule has 0 fully saturated rings. The van der Waals surface area contributed by atoms with E-state index in [9.17, 15) is 57.1 Å². The molecule has 0 heterocycles. The smallest absolute Gasteiger partial charge is 0.415 e. The molecule has 14 heteroatoms. The van der Waals surface area contributed by atoms with Gasteiger partial charge in [-0.15, -0.1) is 0 Å². The summed E-state index contributed by atoms with van der Waals surface area (Å²) >= 11 is 0. The number of hydrogen-bond donors (Lipinski definition) is 0. The van der Waals surface area contributed by atoms with Crippen molar-refractivity contribution < 1.29 is 78.1 Å². The maximum absolute atomic E-state index is 12.3. The Balaban J connectivity index is -0.00000162. The Morgan fingerprint density at radius 2 is 0.810 bits per heavy atom. The van der Waals surface area contributed by atoms with E-state index in [1.807, 2.05) is 0 Å². The Hall–Kier alpha value is -0.222. The van der Waals surface area contributed by atoms with Gasteiger partial charge in [0.15, 0.2) is 0 Å². The first kappa shape index (κ1) is 25.7. The summed E-state index contributed by atoms with van der Waals surface area (Å²) in [5.41, 5.74) is 0. The van der Waals surface area contributed by atoms with E-state index < -0.39 is 36.3 Å². The van der Waals surface area contributed by atoms with Gasteiger partial charge in [0.05, 0.1) is 6.43 Å². The number of hydrogen-bond acceptors (Lipinski definition) is 0. The second-order valence-corrected chi connectivity index (χ2v) is 3.06. The molecular formula is C7H3F13Pt. The number of rotatable bonds is 4. The molecule has 0 amide bonds. The third-order valence-electron chi connectivity index (χ3n) is 1.78. The Bertz CT molecular complexity index is 330. The number of halogens is 13. The molecule has 0 N–H and O–H groups in total. The van der Waals surface area contributed by atoms with E-state index in [-0.39, 0.29) is 28.5 Å². The quantitative estimate of drug-likeness (QED) is 0.357. The molecule has 0 radical (unpaired) electrons. The summed E-state index contributed by atoms with van der Waals surface area (Å²) in [6.45, 7) is 0. The summed E-state index contributed by atoms with van der Waals surface area (Å²) < 4.78 is 154. The molecular weight excluding hydrogens is 526 g/mol. The second-order valence-electron chi connectivity index (χ2n) is 3.06. The van der Waals surface area contributed by atoms with E-state index >= 15 is 0 Å². The maximum Gasteiger partial charge on any atom is 2.00 e. The van der Waals surface area contributed by atoms with Crippen LogP contribution in [0.1, 0.15) is 0 Å². The fourth-order valence-electron chi connectivity index (χ4n) is 0.691. The van der Waals surface area contributed by atoms with E-state index in [0.29, 0.717) is 0 Å². The van der Waals surface area contributed by atoms with Crippen molar-refractivity contribution in [2.45, 2.75) is 29.9 Å². The standard InChI is InChI=1S/C6F13.CH3.Pt/c7-1(8)2(9,10)3(11,12)4(13,14)5(15,16)6(17,18)19;;/h;1H3;/q2*-1;+2. The van der Waals surface area contributed by atoms with Crippen molar-refractivity contribution in [2.75, 3.05) is 0 Å². The first-order valence-electron chi connectivity index (χ1n) is 3.71. The molecule has 132 valence electrons. The minimum Gasteiger partial charge on any atom is -0.415 e. The number of alkyl halides is 11. The molecule has 0 bridgehead atoms. The molecule has 0 aliphatic heterocycles. The van der Waals surface area contributed by atoms with Crippen molar-refractivity contribution in [1.29, 1.82) is 0 Å². The first-order valence-corrected chi connectivity index (χ1v) is 3.71.